The Hall–Kier alpha value is -3.16. The number of anilines is 3. The number of carbonyl (C=O) groups is 2. The number of benzene rings is 1. The first-order valence-electron chi connectivity index (χ1n) is 8.78. The molecule has 1 N–H and O–H groups in total. The quantitative estimate of drug-likeness (QED) is 0.825. The van der Waals surface area contributed by atoms with Crippen LogP contribution in [0.25, 0.3) is 0 Å². The zero-order valence-electron chi connectivity index (χ0n) is 15.7. The van der Waals surface area contributed by atoms with Crippen molar-refractivity contribution in [2.24, 2.45) is 0 Å². The summed E-state index contributed by atoms with van der Waals surface area (Å²) in [6, 6.07) is 8.87. The van der Waals surface area contributed by atoms with Crippen molar-refractivity contribution in [3.63, 3.8) is 0 Å². The number of nitrogens with zero attached hydrogens (tertiary/aromatic N) is 4. The van der Waals surface area contributed by atoms with Crippen LogP contribution in [0, 0.1) is 6.92 Å². The van der Waals surface area contributed by atoms with Crippen molar-refractivity contribution in [3.8, 4) is 0 Å². The Morgan fingerprint density at radius 1 is 1.07 bits per heavy atom. The fourth-order valence-electron chi connectivity index (χ4n) is 2.96. The Morgan fingerprint density at radius 2 is 1.74 bits per heavy atom. The predicted octanol–water partition coefficient (Wildman–Crippen LogP) is 1.98. The molecule has 1 aromatic heterocycles. The number of hydrogen-bond donors (Lipinski definition) is 1. The molecule has 27 heavy (non-hydrogen) atoms. The highest BCUT2D eigenvalue weighted by molar-refractivity contribution is 5.89. The molecule has 142 valence electrons. The second-order valence-electron chi connectivity index (χ2n) is 6.38. The molecule has 0 aliphatic carbocycles. The van der Waals surface area contributed by atoms with E-state index < -0.39 is 0 Å². The Kier molecular flexibility index (Phi) is 5.54. The molecule has 8 nitrogen and oxygen atoms in total. The van der Waals surface area contributed by atoms with Crippen LogP contribution in [0.1, 0.15) is 23.0 Å². The molecule has 0 atom stereocenters. The van der Waals surface area contributed by atoms with Gasteiger partial charge in [0, 0.05) is 50.6 Å². The lowest BCUT2D eigenvalue weighted by Gasteiger charge is -2.35. The van der Waals surface area contributed by atoms with Crippen molar-refractivity contribution in [1.29, 1.82) is 0 Å². The number of piperazine rings is 1. The van der Waals surface area contributed by atoms with Gasteiger partial charge < -0.3 is 19.9 Å². The molecule has 1 saturated heterocycles. The molecule has 1 fully saturated rings. The summed E-state index contributed by atoms with van der Waals surface area (Å²) in [4.78, 5) is 36.0. The number of aryl methyl sites for hydroxylation is 1. The van der Waals surface area contributed by atoms with Crippen molar-refractivity contribution in [2.45, 2.75) is 13.8 Å². The Morgan fingerprint density at radius 3 is 2.33 bits per heavy atom. The summed E-state index contributed by atoms with van der Waals surface area (Å²) in [5, 5.41) is 3.17. The number of carbonyl (C=O) groups excluding carboxylic acids is 2. The first-order chi connectivity index (χ1) is 13.0. The van der Waals surface area contributed by atoms with Gasteiger partial charge >= 0.3 is 5.97 Å². The second kappa shape index (κ2) is 8.03. The lowest BCUT2D eigenvalue weighted by atomic mass is 10.2. The third-order valence-corrected chi connectivity index (χ3v) is 4.45. The molecule has 1 aliphatic heterocycles. The van der Waals surface area contributed by atoms with E-state index in [1.54, 1.807) is 31.2 Å². The van der Waals surface area contributed by atoms with Gasteiger partial charge in [0.05, 0.1) is 12.7 Å². The molecular formula is C19H23N5O3. The number of hydrogen-bond acceptors (Lipinski definition) is 7. The number of methoxy groups -OCH3 is 1. The highest BCUT2D eigenvalue weighted by atomic mass is 16.5. The zero-order chi connectivity index (χ0) is 19.4. The van der Waals surface area contributed by atoms with Gasteiger partial charge in [-0.15, -0.1) is 0 Å². The molecule has 0 unspecified atom stereocenters. The maximum atomic E-state index is 11.5. The van der Waals surface area contributed by atoms with Gasteiger partial charge in [0.1, 0.15) is 5.82 Å². The van der Waals surface area contributed by atoms with Crippen LogP contribution in [0.4, 0.5) is 17.5 Å². The van der Waals surface area contributed by atoms with E-state index >= 15 is 0 Å². The molecule has 2 heterocycles. The minimum Gasteiger partial charge on any atom is -0.465 e. The maximum absolute atomic E-state index is 11.5. The van der Waals surface area contributed by atoms with Crippen molar-refractivity contribution in [2.75, 3.05) is 43.5 Å². The summed E-state index contributed by atoms with van der Waals surface area (Å²) in [5.74, 6) is 1.05. The zero-order valence-corrected chi connectivity index (χ0v) is 15.7. The maximum Gasteiger partial charge on any atom is 0.337 e. The van der Waals surface area contributed by atoms with E-state index in [9.17, 15) is 9.59 Å². The van der Waals surface area contributed by atoms with Crippen LogP contribution >= 0.6 is 0 Å². The molecule has 8 heteroatoms. The third-order valence-electron chi connectivity index (χ3n) is 4.45. The molecule has 3 rings (SSSR count). The normalized spacial score (nSPS) is 14.0. The minimum atomic E-state index is -0.375. The summed E-state index contributed by atoms with van der Waals surface area (Å²) in [6.45, 7) is 6.37. The fraction of sp³-hybridized carbons (Fsp3) is 0.368. The predicted molar refractivity (Wildman–Crippen MR) is 102 cm³/mol. The van der Waals surface area contributed by atoms with Gasteiger partial charge in [0.25, 0.3) is 0 Å². The van der Waals surface area contributed by atoms with Gasteiger partial charge in [-0.25, -0.2) is 9.78 Å². The molecule has 1 aliphatic rings. The van der Waals surface area contributed by atoms with Crippen molar-refractivity contribution < 1.29 is 14.3 Å². The topological polar surface area (TPSA) is 87.7 Å². The van der Waals surface area contributed by atoms with Crippen LogP contribution in [-0.4, -0.2) is 60.0 Å². The number of aromatic nitrogens is 2. The number of rotatable bonds is 4. The fourth-order valence-corrected chi connectivity index (χ4v) is 2.96. The van der Waals surface area contributed by atoms with Gasteiger partial charge in [0.2, 0.25) is 11.9 Å². The van der Waals surface area contributed by atoms with Gasteiger partial charge in [-0.1, -0.05) is 0 Å². The first kappa shape index (κ1) is 18.6. The van der Waals surface area contributed by atoms with Crippen molar-refractivity contribution >= 4 is 29.3 Å². The summed E-state index contributed by atoms with van der Waals surface area (Å²) in [5.41, 5.74) is 2.11. The van der Waals surface area contributed by atoms with E-state index in [1.165, 1.54) is 7.11 Å². The van der Waals surface area contributed by atoms with Crippen LogP contribution in [0.15, 0.2) is 30.3 Å². The van der Waals surface area contributed by atoms with Crippen LogP contribution < -0.4 is 10.2 Å². The lowest BCUT2D eigenvalue weighted by molar-refractivity contribution is -0.129. The average Bonchev–Trinajstić information content (AvgIpc) is 2.67. The number of esters is 1. The molecule has 0 spiro atoms. The third kappa shape index (κ3) is 4.52. The van der Waals surface area contributed by atoms with E-state index in [0.717, 1.165) is 30.3 Å². The largest absolute Gasteiger partial charge is 0.465 e. The van der Waals surface area contributed by atoms with Crippen molar-refractivity contribution in [1.82, 2.24) is 14.9 Å². The molecule has 2 aromatic rings. The summed E-state index contributed by atoms with van der Waals surface area (Å²) >= 11 is 0. The standard InChI is InChI=1S/C19H23N5O3/c1-13-12-17(24-10-8-23(9-11-24)14(2)25)22-19(20-13)21-16-6-4-15(5-7-16)18(26)27-3/h4-7,12H,8-11H2,1-3H3,(H,20,21,22). The Labute approximate surface area is 158 Å². The van der Waals surface area contributed by atoms with Gasteiger partial charge in [0.15, 0.2) is 0 Å². The highest BCUT2D eigenvalue weighted by Gasteiger charge is 2.20. The van der Waals surface area contributed by atoms with Crippen LogP contribution in [0.3, 0.4) is 0 Å². The van der Waals surface area contributed by atoms with E-state index in [2.05, 4.69) is 20.2 Å². The minimum absolute atomic E-state index is 0.103. The SMILES string of the molecule is COC(=O)c1ccc(Nc2nc(C)cc(N3CCN(C(C)=O)CC3)n2)cc1. The molecular weight excluding hydrogens is 346 g/mol. The number of nitrogens with one attached hydrogen (secondary N) is 1. The molecule has 0 bridgehead atoms. The monoisotopic (exact) mass is 369 g/mol. The lowest BCUT2D eigenvalue weighted by Crippen LogP contribution is -2.48. The second-order valence-corrected chi connectivity index (χ2v) is 6.38. The summed E-state index contributed by atoms with van der Waals surface area (Å²) < 4.78 is 4.70. The first-order valence-corrected chi connectivity index (χ1v) is 8.78. The summed E-state index contributed by atoms with van der Waals surface area (Å²) in [6.07, 6.45) is 0. The highest BCUT2D eigenvalue weighted by Crippen LogP contribution is 2.20. The van der Waals surface area contributed by atoms with E-state index in [-0.39, 0.29) is 11.9 Å². The Bertz CT molecular complexity index is 830. The molecule has 0 radical (unpaired) electrons. The van der Waals surface area contributed by atoms with Gasteiger partial charge in [-0.3, -0.25) is 4.79 Å². The molecule has 1 aromatic carbocycles. The molecule has 0 saturated carbocycles. The van der Waals surface area contributed by atoms with Gasteiger partial charge in [-0.05, 0) is 31.2 Å². The Balaban J connectivity index is 1.72. The van der Waals surface area contributed by atoms with E-state index in [0.29, 0.717) is 24.6 Å². The van der Waals surface area contributed by atoms with Gasteiger partial charge in [-0.2, -0.15) is 4.98 Å². The summed E-state index contributed by atoms with van der Waals surface area (Å²) in [7, 11) is 1.35. The number of amides is 1. The van der Waals surface area contributed by atoms with E-state index in [1.807, 2.05) is 17.9 Å². The number of ether oxygens (including phenoxy) is 1. The van der Waals surface area contributed by atoms with Crippen LogP contribution in [0.5, 0.6) is 0 Å². The van der Waals surface area contributed by atoms with Crippen LogP contribution in [-0.2, 0) is 9.53 Å². The van der Waals surface area contributed by atoms with Crippen LogP contribution in [0.2, 0.25) is 0 Å². The molecule has 1 amide bonds. The smallest absolute Gasteiger partial charge is 0.337 e. The van der Waals surface area contributed by atoms with Crippen molar-refractivity contribution in [3.05, 3.63) is 41.6 Å². The van der Waals surface area contributed by atoms with E-state index in [4.69, 9.17) is 4.74 Å². The average molecular weight is 369 g/mol.